The predicted molar refractivity (Wildman–Crippen MR) is 74.3 cm³/mol. The van der Waals surface area contributed by atoms with E-state index < -0.39 is 0 Å². The first-order valence-electron chi connectivity index (χ1n) is 7.24. The van der Waals surface area contributed by atoms with E-state index in [1.54, 1.807) is 0 Å². The topological polar surface area (TPSA) is 47.1 Å². The first kappa shape index (κ1) is 13.6. The number of imidazole rings is 1. The van der Waals surface area contributed by atoms with Gasteiger partial charge in [0.05, 0.1) is 18.1 Å². The van der Waals surface area contributed by atoms with Gasteiger partial charge in [-0.3, -0.25) is 4.90 Å². The number of nitrogens with zero attached hydrogens (tertiary/aromatic N) is 3. The van der Waals surface area contributed by atoms with Crippen molar-refractivity contribution in [3.8, 4) is 0 Å². The van der Waals surface area contributed by atoms with Gasteiger partial charge in [-0.1, -0.05) is 13.3 Å². The Bertz CT molecular complexity index is 356. The van der Waals surface area contributed by atoms with Crippen molar-refractivity contribution in [1.29, 1.82) is 0 Å². The van der Waals surface area contributed by atoms with E-state index in [1.165, 1.54) is 31.5 Å². The van der Waals surface area contributed by atoms with E-state index in [0.717, 1.165) is 19.0 Å². The Morgan fingerprint density at radius 2 is 2.28 bits per heavy atom. The summed E-state index contributed by atoms with van der Waals surface area (Å²) in [6, 6.07) is 0.318. The summed E-state index contributed by atoms with van der Waals surface area (Å²) >= 11 is 0. The minimum atomic E-state index is 0.318. The molecular weight excluding hydrogens is 224 g/mol. The number of hydrogen-bond acceptors (Lipinski definition) is 3. The molecule has 2 N–H and O–H groups in total. The van der Waals surface area contributed by atoms with E-state index >= 15 is 0 Å². The largest absolute Gasteiger partial charge is 0.333 e. The van der Waals surface area contributed by atoms with E-state index in [-0.39, 0.29) is 0 Å². The molecule has 1 atom stereocenters. The molecule has 1 saturated carbocycles. The molecule has 1 aromatic rings. The van der Waals surface area contributed by atoms with Crippen molar-refractivity contribution < 1.29 is 0 Å². The van der Waals surface area contributed by atoms with E-state index in [0.29, 0.717) is 12.6 Å². The molecule has 1 unspecified atom stereocenters. The average molecular weight is 250 g/mol. The van der Waals surface area contributed by atoms with Crippen LogP contribution in [0.5, 0.6) is 0 Å². The van der Waals surface area contributed by atoms with Gasteiger partial charge in [-0.2, -0.15) is 0 Å². The molecular formula is C14H26N4. The molecule has 1 aromatic heterocycles. The van der Waals surface area contributed by atoms with Gasteiger partial charge < -0.3 is 10.3 Å². The molecule has 0 spiro atoms. The summed E-state index contributed by atoms with van der Waals surface area (Å²) in [5, 5.41) is 0. The number of rotatable bonds is 7. The normalized spacial score (nSPS) is 18.0. The molecule has 0 radical (unpaired) electrons. The first-order chi connectivity index (χ1) is 8.80. The second-order valence-electron chi connectivity index (χ2n) is 5.24. The molecule has 0 bridgehead atoms. The lowest BCUT2D eigenvalue weighted by molar-refractivity contribution is 0.137. The Balaban J connectivity index is 2.09. The number of hydrogen-bond donors (Lipinski definition) is 1. The molecule has 1 aliphatic rings. The van der Waals surface area contributed by atoms with Gasteiger partial charge >= 0.3 is 0 Å². The zero-order chi connectivity index (χ0) is 13.0. The molecule has 4 nitrogen and oxygen atoms in total. The van der Waals surface area contributed by atoms with Gasteiger partial charge in [0.2, 0.25) is 0 Å². The fraction of sp³-hybridized carbons (Fsp3) is 0.786. The lowest BCUT2D eigenvalue weighted by Crippen LogP contribution is -2.39. The van der Waals surface area contributed by atoms with Crippen LogP contribution in [0.2, 0.25) is 0 Å². The Morgan fingerprint density at radius 1 is 1.50 bits per heavy atom. The van der Waals surface area contributed by atoms with Crippen LogP contribution in [0.25, 0.3) is 0 Å². The average Bonchev–Trinajstić information content (AvgIpc) is 2.80. The molecule has 0 aliphatic heterocycles. The molecule has 1 heterocycles. The summed E-state index contributed by atoms with van der Waals surface area (Å²) in [7, 11) is 0. The predicted octanol–water partition coefficient (Wildman–Crippen LogP) is 2.02. The second kappa shape index (κ2) is 6.34. The number of aromatic nitrogens is 2. The van der Waals surface area contributed by atoms with Crippen LogP contribution in [0, 0.1) is 5.92 Å². The third-order valence-electron chi connectivity index (χ3n) is 4.21. The highest BCUT2D eigenvalue weighted by Gasteiger charge is 2.26. The highest BCUT2D eigenvalue weighted by Crippen LogP contribution is 2.30. The summed E-state index contributed by atoms with van der Waals surface area (Å²) in [4.78, 5) is 6.79. The smallest absolute Gasteiger partial charge is 0.0948 e. The van der Waals surface area contributed by atoms with Crippen LogP contribution >= 0.6 is 0 Å². The van der Waals surface area contributed by atoms with Gasteiger partial charge in [0.15, 0.2) is 0 Å². The van der Waals surface area contributed by atoms with Gasteiger partial charge in [-0.25, -0.2) is 4.98 Å². The number of likely N-dealkylation sites (N-methyl/N-ethyl adjacent to an activating group) is 1. The fourth-order valence-corrected chi connectivity index (χ4v) is 2.81. The Labute approximate surface area is 110 Å². The maximum absolute atomic E-state index is 6.02. The summed E-state index contributed by atoms with van der Waals surface area (Å²) in [6.07, 6.45) is 8.07. The third-order valence-corrected chi connectivity index (χ3v) is 4.21. The summed E-state index contributed by atoms with van der Waals surface area (Å²) in [6.45, 7) is 8.27. The van der Waals surface area contributed by atoms with Crippen LogP contribution in [-0.2, 0) is 6.54 Å². The molecule has 1 fully saturated rings. The van der Waals surface area contributed by atoms with E-state index in [1.807, 2.05) is 12.5 Å². The summed E-state index contributed by atoms with van der Waals surface area (Å²) < 4.78 is 2.21. The van der Waals surface area contributed by atoms with E-state index in [2.05, 4.69) is 28.3 Å². The SMILES string of the molecule is CCN(CC1CCC1)C(CN)c1cncn1CC. The lowest BCUT2D eigenvalue weighted by Gasteiger charge is -2.36. The van der Waals surface area contributed by atoms with E-state index in [4.69, 9.17) is 5.73 Å². The molecule has 0 amide bonds. The van der Waals surface area contributed by atoms with Gasteiger partial charge in [-0.15, -0.1) is 0 Å². The van der Waals surface area contributed by atoms with Crippen molar-refractivity contribution >= 4 is 0 Å². The second-order valence-corrected chi connectivity index (χ2v) is 5.24. The van der Waals surface area contributed by atoms with Crippen molar-refractivity contribution in [3.63, 3.8) is 0 Å². The molecule has 0 aromatic carbocycles. The van der Waals surface area contributed by atoms with Crippen LogP contribution in [0.1, 0.15) is 44.8 Å². The summed E-state index contributed by atoms with van der Waals surface area (Å²) in [5.74, 6) is 0.886. The number of nitrogens with two attached hydrogens (primary N) is 1. The minimum Gasteiger partial charge on any atom is -0.333 e. The van der Waals surface area contributed by atoms with Crippen LogP contribution in [-0.4, -0.2) is 34.1 Å². The third kappa shape index (κ3) is 2.75. The molecule has 1 aliphatic carbocycles. The summed E-state index contributed by atoms with van der Waals surface area (Å²) in [5.41, 5.74) is 7.28. The highest BCUT2D eigenvalue weighted by molar-refractivity contribution is 5.06. The number of aryl methyl sites for hydroxylation is 1. The van der Waals surface area contributed by atoms with Gasteiger partial charge in [0.25, 0.3) is 0 Å². The molecule has 2 rings (SSSR count). The Morgan fingerprint density at radius 3 is 2.78 bits per heavy atom. The van der Waals surface area contributed by atoms with Gasteiger partial charge in [0, 0.05) is 25.8 Å². The zero-order valence-electron chi connectivity index (χ0n) is 11.7. The maximum atomic E-state index is 6.02. The standard InChI is InChI=1S/C14H26N4/c1-3-17(10-12-6-5-7-12)13(8-15)14-9-16-11-18(14)4-2/h9,11-13H,3-8,10,15H2,1-2H3. The van der Waals surface area contributed by atoms with Crippen LogP contribution in [0.4, 0.5) is 0 Å². The van der Waals surface area contributed by atoms with Gasteiger partial charge in [0.1, 0.15) is 0 Å². The van der Waals surface area contributed by atoms with E-state index in [9.17, 15) is 0 Å². The Kier molecular flexibility index (Phi) is 4.78. The molecule has 4 heteroatoms. The molecule has 0 saturated heterocycles. The van der Waals surface area contributed by atoms with Crippen molar-refractivity contribution in [2.24, 2.45) is 11.7 Å². The van der Waals surface area contributed by atoms with Crippen LogP contribution in [0.15, 0.2) is 12.5 Å². The first-order valence-corrected chi connectivity index (χ1v) is 7.24. The lowest BCUT2D eigenvalue weighted by atomic mass is 9.84. The maximum Gasteiger partial charge on any atom is 0.0948 e. The van der Waals surface area contributed by atoms with Crippen molar-refractivity contribution in [1.82, 2.24) is 14.5 Å². The van der Waals surface area contributed by atoms with Gasteiger partial charge in [-0.05, 0) is 32.2 Å². The quantitative estimate of drug-likeness (QED) is 0.805. The van der Waals surface area contributed by atoms with Crippen molar-refractivity contribution in [3.05, 3.63) is 18.2 Å². The fourth-order valence-electron chi connectivity index (χ4n) is 2.81. The van der Waals surface area contributed by atoms with Crippen LogP contribution in [0.3, 0.4) is 0 Å². The van der Waals surface area contributed by atoms with Crippen molar-refractivity contribution in [2.45, 2.75) is 45.7 Å². The highest BCUT2D eigenvalue weighted by atomic mass is 15.2. The minimum absolute atomic E-state index is 0.318. The van der Waals surface area contributed by atoms with Crippen LogP contribution < -0.4 is 5.73 Å². The Hall–Kier alpha value is -0.870. The molecule has 102 valence electrons. The van der Waals surface area contributed by atoms with Crippen molar-refractivity contribution in [2.75, 3.05) is 19.6 Å². The molecule has 18 heavy (non-hydrogen) atoms. The monoisotopic (exact) mass is 250 g/mol. The zero-order valence-corrected chi connectivity index (χ0v) is 11.7.